The molecule has 0 aliphatic carbocycles. The Morgan fingerprint density at radius 1 is 0.829 bits per heavy atom. The summed E-state index contributed by atoms with van der Waals surface area (Å²) in [5, 5.41) is 22.5. The van der Waals surface area contributed by atoms with Crippen LogP contribution in [-0.4, -0.2) is 10.8 Å². The van der Waals surface area contributed by atoms with Crippen LogP contribution in [0.4, 0.5) is 0 Å². The third-order valence-electron chi connectivity index (χ3n) is 5.72. The van der Waals surface area contributed by atoms with E-state index < -0.39 is 0 Å². The van der Waals surface area contributed by atoms with Crippen molar-refractivity contribution in [1.82, 2.24) is 4.57 Å². The minimum atomic E-state index is 0.235. The fourth-order valence-corrected chi connectivity index (χ4v) is 3.88. The van der Waals surface area contributed by atoms with E-state index in [0.717, 1.165) is 39.5 Å². The molecule has 0 aliphatic rings. The van der Waals surface area contributed by atoms with Gasteiger partial charge in [-0.2, -0.15) is 10.5 Å². The van der Waals surface area contributed by atoms with Crippen LogP contribution in [0, 0.1) is 36.5 Å². The number of oxime groups is 1. The molecule has 0 radical (unpaired) electrons. The summed E-state index contributed by atoms with van der Waals surface area (Å²) < 4.78 is 8.03. The number of nitrogens with zero attached hydrogens (tertiary/aromatic N) is 4. The second-order valence-electron chi connectivity index (χ2n) is 7.99. The van der Waals surface area contributed by atoms with Gasteiger partial charge >= 0.3 is 0 Å². The average Bonchev–Trinajstić information content (AvgIpc) is 3.18. The number of ether oxygens (including phenoxy) is 1. The van der Waals surface area contributed by atoms with Gasteiger partial charge in [0.05, 0.1) is 29.5 Å². The second-order valence-corrected chi connectivity index (χ2v) is 7.99. The normalized spacial score (nSPS) is 10.6. The maximum atomic E-state index is 9.24. The van der Waals surface area contributed by atoms with E-state index in [-0.39, 0.29) is 6.61 Å². The number of aryl methyl sites for hydroxylation is 1. The van der Waals surface area contributed by atoms with Gasteiger partial charge in [-0.15, -0.1) is 0 Å². The molecule has 6 nitrogen and oxygen atoms in total. The zero-order valence-electron chi connectivity index (χ0n) is 19.6. The Hall–Kier alpha value is -4.81. The third kappa shape index (κ3) is 5.40. The lowest BCUT2D eigenvalue weighted by molar-refractivity contribution is 0.132. The van der Waals surface area contributed by atoms with Crippen LogP contribution in [0.1, 0.15) is 39.2 Å². The highest BCUT2D eigenvalue weighted by Gasteiger charge is 2.10. The van der Waals surface area contributed by atoms with Crippen molar-refractivity contribution in [2.45, 2.75) is 27.1 Å². The number of benzene rings is 3. The molecule has 0 amide bonds. The molecular formula is C29H24N4O2. The van der Waals surface area contributed by atoms with Crippen molar-refractivity contribution in [3.63, 3.8) is 0 Å². The zero-order valence-corrected chi connectivity index (χ0v) is 19.6. The fourth-order valence-electron chi connectivity index (χ4n) is 3.88. The topological polar surface area (TPSA) is 83.3 Å². The van der Waals surface area contributed by atoms with Crippen molar-refractivity contribution in [2.24, 2.45) is 5.16 Å². The fraction of sp³-hybridized carbons (Fsp3) is 0.138. The minimum Gasteiger partial charge on any atom is -0.489 e. The zero-order chi connectivity index (χ0) is 24.6. The van der Waals surface area contributed by atoms with Crippen molar-refractivity contribution < 1.29 is 9.57 Å². The highest BCUT2D eigenvalue weighted by molar-refractivity contribution is 5.81. The van der Waals surface area contributed by atoms with Crippen LogP contribution >= 0.6 is 0 Å². The Balaban J connectivity index is 1.42. The van der Waals surface area contributed by atoms with E-state index in [1.54, 1.807) is 18.3 Å². The molecule has 0 spiro atoms. The molecule has 0 fully saturated rings. The summed E-state index contributed by atoms with van der Waals surface area (Å²) in [6, 6.07) is 29.0. The van der Waals surface area contributed by atoms with Gasteiger partial charge in [-0.25, -0.2) is 0 Å². The van der Waals surface area contributed by atoms with Gasteiger partial charge in [0.15, 0.2) is 0 Å². The molecule has 3 aromatic carbocycles. The van der Waals surface area contributed by atoms with Crippen molar-refractivity contribution in [1.29, 1.82) is 10.5 Å². The van der Waals surface area contributed by atoms with Crippen molar-refractivity contribution in [3.05, 3.63) is 118 Å². The van der Waals surface area contributed by atoms with Gasteiger partial charge in [-0.1, -0.05) is 41.6 Å². The maximum absolute atomic E-state index is 9.24. The Morgan fingerprint density at radius 2 is 1.43 bits per heavy atom. The SMILES string of the molecule is Cc1cc(/C=N\OCc2ccccc2C#N)c(C)n1-c1ccc(OCc2ccccc2C#N)cc1. The summed E-state index contributed by atoms with van der Waals surface area (Å²) in [4.78, 5) is 5.44. The van der Waals surface area contributed by atoms with Crippen molar-refractivity contribution in [3.8, 4) is 23.6 Å². The van der Waals surface area contributed by atoms with E-state index in [0.29, 0.717) is 17.7 Å². The number of aromatic nitrogens is 1. The molecule has 0 saturated heterocycles. The minimum absolute atomic E-state index is 0.235. The Bertz CT molecular complexity index is 1440. The first-order chi connectivity index (χ1) is 17.1. The van der Waals surface area contributed by atoms with Gasteiger partial charge in [0, 0.05) is 33.8 Å². The molecule has 0 saturated carbocycles. The molecule has 0 N–H and O–H groups in total. The Labute approximate surface area is 204 Å². The van der Waals surface area contributed by atoms with Gasteiger partial charge in [0.1, 0.15) is 19.0 Å². The highest BCUT2D eigenvalue weighted by Crippen LogP contribution is 2.23. The second kappa shape index (κ2) is 10.9. The van der Waals surface area contributed by atoms with Crippen LogP contribution in [0.3, 0.4) is 0 Å². The molecule has 172 valence electrons. The van der Waals surface area contributed by atoms with Gasteiger partial charge in [-0.3, -0.25) is 0 Å². The van der Waals surface area contributed by atoms with Crippen LogP contribution in [-0.2, 0) is 18.1 Å². The highest BCUT2D eigenvalue weighted by atomic mass is 16.6. The summed E-state index contributed by atoms with van der Waals surface area (Å²) in [7, 11) is 0. The summed E-state index contributed by atoms with van der Waals surface area (Å²) in [6.07, 6.45) is 1.69. The molecule has 6 heteroatoms. The van der Waals surface area contributed by atoms with E-state index in [4.69, 9.17) is 9.57 Å². The molecule has 0 atom stereocenters. The van der Waals surface area contributed by atoms with Crippen molar-refractivity contribution >= 4 is 6.21 Å². The average molecular weight is 461 g/mol. The van der Waals surface area contributed by atoms with Crippen LogP contribution in [0.5, 0.6) is 5.75 Å². The quantitative estimate of drug-likeness (QED) is 0.240. The molecule has 0 aliphatic heterocycles. The van der Waals surface area contributed by atoms with E-state index in [2.05, 4.69) is 27.9 Å². The molecular weight excluding hydrogens is 436 g/mol. The predicted molar refractivity (Wildman–Crippen MR) is 134 cm³/mol. The van der Waals surface area contributed by atoms with Crippen LogP contribution < -0.4 is 4.74 Å². The van der Waals surface area contributed by atoms with Crippen LogP contribution in [0.15, 0.2) is 84.0 Å². The van der Waals surface area contributed by atoms with E-state index >= 15 is 0 Å². The van der Waals surface area contributed by atoms with E-state index in [1.165, 1.54) is 0 Å². The van der Waals surface area contributed by atoms with Crippen molar-refractivity contribution in [2.75, 3.05) is 0 Å². The largest absolute Gasteiger partial charge is 0.489 e. The number of hydrogen-bond acceptors (Lipinski definition) is 5. The number of hydrogen-bond donors (Lipinski definition) is 0. The van der Waals surface area contributed by atoms with Gasteiger partial charge in [0.2, 0.25) is 0 Å². The number of rotatable bonds is 8. The standard InChI is InChI=1S/C29H24N4O2/c1-21-15-27(18-32-35-20-26-10-6-4-8-24(26)17-31)22(2)33(21)28-11-13-29(14-12-28)34-19-25-9-5-3-7-23(25)16-30/h3-15,18H,19-20H2,1-2H3/b32-18-. The summed E-state index contributed by atoms with van der Waals surface area (Å²) >= 11 is 0. The third-order valence-corrected chi connectivity index (χ3v) is 5.72. The van der Waals surface area contributed by atoms with E-state index in [1.807, 2.05) is 74.5 Å². The first-order valence-electron chi connectivity index (χ1n) is 11.1. The molecule has 0 bridgehead atoms. The van der Waals surface area contributed by atoms with Crippen LogP contribution in [0.25, 0.3) is 5.69 Å². The molecule has 4 aromatic rings. The van der Waals surface area contributed by atoms with Gasteiger partial charge < -0.3 is 14.1 Å². The first-order valence-corrected chi connectivity index (χ1v) is 11.1. The summed E-state index contributed by atoms with van der Waals surface area (Å²) in [6.45, 7) is 4.64. The lowest BCUT2D eigenvalue weighted by Gasteiger charge is -2.12. The van der Waals surface area contributed by atoms with Gasteiger partial charge in [0.25, 0.3) is 0 Å². The lowest BCUT2D eigenvalue weighted by Crippen LogP contribution is -2.01. The molecule has 1 heterocycles. The Morgan fingerprint density at radius 3 is 2.06 bits per heavy atom. The molecule has 1 aromatic heterocycles. The first kappa shape index (κ1) is 23.4. The molecule has 35 heavy (non-hydrogen) atoms. The summed E-state index contributed by atoms with van der Waals surface area (Å²) in [5.74, 6) is 0.733. The molecule has 4 rings (SSSR count). The van der Waals surface area contributed by atoms with Crippen LogP contribution in [0.2, 0.25) is 0 Å². The van der Waals surface area contributed by atoms with E-state index in [9.17, 15) is 10.5 Å². The smallest absolute Gasteiger partial charge is 0.143 e. The monoisotopic (exact) mass is 460 g/mol. The number of nitriles is 2. The molecule has 0 unspecified atom stereocenters. The van der Waals surface area contributed by atoms with Gasteiger partial charge in [-0.05, 0) is 56.3 Å². The maximum Gasteiger partial charge on any atom is 0.143 e. The lowest BCUT2D eigenvalue weighted by atomic mass is 10.1. The Kier molecular flexibility index (Phi) is 7.25. The predicted octanol–water partition coefficient (Wildman–Crippen LogP) is 5.97. The summed E-state index contributed by atoms with van der Waals surface area (Å²) in [5.41, 5.74) is 6.92.